The molecule has 0 radical (unpaired) electrons. The third kappa shape index (κ3) is 1.74. The summed E-state index contributed by atoms with van der Waals surface area (Å²) in [5.74, 6) is -0.878. The third-order valence-corrected chi connectivity index (χ3v) is 1.90. The van der Waals surface area contributed by atoms with Crippen LogP contribution >= 0.6 is 0 Å². The Morgan fingerprint density at radius 1 is 1.50 bits per heavy atom. The summed E-state index contributed by atoms with van der Waals surface area (Å²) in [5, 5.41) is 12.0. The standard InChI is InChI=1S/C9H12FNO/c1-6(11-2)7-3-4-8(10)9(12)5-7/h3-6,11-12H,1-2H3/t6-/m0/s1. The number of benzene rings is 1. The molecule has 3 heteroatoms. The number of hydrogen-bond acceptors (Lipinski definition) is 2. The third-order valence-electron chi connectivity index (χ3n) is 1.90. The van der Waals surface area contributed by atoms with E-state index in [0.29, 0.717) is 0 Å². The zero-order valence-corrected chi connectivity index (χ0v) is 7.13. The van der Waals surface area contributed by atoms with E-state index in [-0.39, 0.29) is 11.8 Å². The summed E-state index contributed by atoms with van der Waals surface area (Å²) in [6.45, 7) is 1.94. The second kappa shape index (κ2) is 3.54. The first-order valence-corrected chi connectivity index (χ1v) is 3.81. The van der Waals surface area contributed by atoms with Crippen LogP contribution in [0.3, 0.4) is 0 Å². The lowest BCUT2D eigenvalue weighted by Gasteiger charge is -2.10. The molecule has 0 aromatic heterocycles. The Morgan fingerprint density at radius 2 is 2.17 bits per heavy atom. The molecule has 1 aromatic carbocycles. The molecule has 0 aliphatic heterocycles. The highest BCUT2D eigenvalue weighted by Gasteiger charge is 2.05. The Balaban J connectivity index is 2.96. The maximum atomic E-state index is 12.6. The summed E-state index contributed by atoms with van der Waals surface area (Å²) in [7, 11) is 1.81. The smallest absolute Gasteiger partial charge is 0.164 e. The van der Waals surface area contributed by atoms with Crippen LogP contribution in [-0.4, -0.2) is 12.2 Å². The van der Waals surface area contributed by atoms with Crippen molar-refractivity contribution in [3.05, 3.63) is 29.6 Å². The first kappa shape index (κ1) is 9.00. The maximum absolute atomic E-state index is 12.6. The minimum atomic E-state index is -0.581. The second-order valence-electron chi connectivity index (χ2n) is 2.72. The number of nitrogens with one attached hydrogen (secondary N) is 1. The van der Waals surface area contributed by atoms with Crippen molar-refractivity contribution >= 4 is 0 Å². The molecular weight excluding hydrogens is 157 g/mol. The fraction of sp³-hybridized carbons (Fsp3) is 0.333. The highest BCUT2D eigenvalue weighted by Crippen LogP contribution is 2.20. The minimum Gasteiger partial charge on any atom is -0.505 e. The molecule has 2 nitrogen and oxygen atoms in total. The molecule has 2 N–H and O–H groups in total. The highest BCUT2D eigenvalue weighted by atomic mass is 19.1. The van der Waals surface area contributed by atoms with Gasteiger partial charge in [-0.05, 0) is 31.7 Å². The SMILES string of the molecule is CN[C@@H](C)c1ccc(F)c(O)c1. The van der Waals surface area contributed by atoms with Gasteiger partial charge in [-0.15, -0.1) is 0 Å². The zero-order chi connectivity index (χ0) is 9.14. The van der Waals surface area contributed by atoms with E-state index in [1.165, 1.54) is 12.1 Å². The molecule has 0 spiro atoms. The Bertz CT molecular complexity index is 275. The summed E-state index contributed by atoms with van der Waals surface area (Å²) in [6.07, 6.45) is 0. The molecule has 1 rings (SSSR count). The van der Waals surface area contributed by atoms with E-state index < -0.39 is 5.82 Å². The fourth-order valence-electron chi connectivity index (χ4n) is 0.966. The molecule has 0 fully saturated rings. The molecule has 0 bridgehead atoms. The lowest BCUT2D eigenvalue weighted by molar-refractivity contribution is 0.430. The second-order valence-corrected chi connectivity index (χ2v) is 2.72. The molecule has 0 unspecified atom stereocenters. The van der Waals surface area contributed by atoms with E-state index in [0.717, 1.165) is 5.56 Å². The monoisotopic (exact) mass is 169 g/mol. The van der Waals surface area contributed by atoms with Crippen LogP contribution in [0.15, 0.2) is 18.2 Å². The van der Waals surface area contributed by atoms with Gasteiger partial charge in [-0.1, -0.05) is 6.07 Å². The van der Waals surface area contributed by atoms with Gasteiger partial charge in [0, 0.05) is 6.04 Å². The van der Waals surface area contributed by atoms with Gasteiger partial charge >= 0.3 is 0 Å². The Morgan fingerprint density at radius 3 is 2.67 bits per heavy atom. The number of phenolic OH excluding ortho intramolecular Hbond substituents is 1. The van der Waals surface area contributed by atoms with Crippen LogP contribution in [0.4, 0.5) is 4.39 Å². The van der Waals surface area contributed by atoms with Crippen molar-refractivity contribution in [2.24, 2.45) is 0 Å². The van der Waals surface area contributed by atoms with Crippen molar-refractivity contribution in [3.8, 4) is 5.75 Å². The lowest BCUT2D eigenvalue weighted by Crippen LogP contribution is -2.12. The van der Waals surface area contributed by atoms with E-state index in [1.807, 2.05) is 14.0 Å². The molecule has 0 heterocycles. The quantitative estimate of drug-likeness (QED) is 0.707. The summed E-state index contributed by atoms with van der Waals surface area (Å²) in [5.41, 5.74) is 0.872. The van der Waals surface area contributed by atoms with Crippen molar-refractivity contribution in [1.29, 1.82) is 0 Å². The normalized spacial score (nSPS) is 12.9. The van der Waals surface area contributed by atoms with Crippen molar-refractivity contribution < 1.29 is 9.50 Å². The zero-order valence-electron chi connectivity index (χ0n) is 7.13. The lowest BCUT2D eigenvalue weighted by atomic mass is 10.1. The van der Waals surface area contributed by atoms with Crippen molar-refractivity contribution in [2.75, 3.05) is 7.05 Å². The van der Waals surface area contributed by atoms with Gasteiger partial charge < -0.3 is 10.4 Å². The largest absolute Gasteiger partial charge is 0.505 e. The number of halogens is 1. The first-order chi connectivity index (χ1) is 5.65. The van der Waals surface area contributed by atoms with Gasteiger partial charge in [-0.3, -0.25) is 0 Å². The van der Waals surface area contributed by atoms with E-state index in [1.54, 1.807) is 6.07 Å². The van der Waals surface area contributed by atoms with E-state index in [4.69, 9.17) is 5.11 Å². The molecule has 0 aliphatic rings. The molecular formula is C9H12FNO. The first-order valence-electron chi connectivity index (χ1n) is 3.81. The van der Waals surface area contributed by atoms with Gasteiger partial charge in [0.05, 0.1) is 0 Å². The minimum absolute atomic E-state index is 0.122. The van der Waals surface area contributed by atoms with Crippen molar-refractivity contribution in [2.45, 2.75) is 13.0 Å². The van der Waals surface area contributed by atoms with Crippen LogP contribution in [0.2, 0.25) is 0 Å². The predicted octanol–water partition coefficient (Wildman–Crippen LogP) is 1.81. The number of hydrogen-bond donors (Lipinski definition) is 2. The van der Waals surface area contributed by atoms with Gasteiger partial charge in [0.15, 0.2) is 11.6 Å². The van der Waals surface area contributed by atoms with Crippen molar-refractivity contribution in [3.63, 3.8) is 0 Å². The van der Waals surface area contributed by atoms with Gasteiger partial charge in [0.1, 0.15) is 0 Å². The Hall–Kier alpha value is -1.09. The predicted molar refractivity (Wildman–Crippen MR) is 45.5 cm³/mol. The summed E-state index contributed by atoms with van der Waals surface area (Å²) < 4.78 is 12.6. The maximum Gasteiger partial charge on any atom is 0.164 e. The summed E-state index contributed by atoms with van der Waals surface area (Å²) in [6, 6.07) is 4.46. The van der Waals surface area contributed by atoms with Crippen molar-refractivity contribution in [1.82, 2.24) is 5.32 Å². The molecule has 66 valence electrons. The van der Waals surface area contributed by atoms with E-state index in [9.17, 15) is 4.39 Å². The average molecular weight is 169 g/mol. The summed E-state index contributed by atoms with van der Waals surface area (Å²) >= 11 is 0. The van der Waals surface area contributed by atoms with E-state index >= 15 is 0 Å². The average Bonchev–Trinajstić information content (AvgIpc) is 2.08. The molecule has 0 aliphatic carbocycles. The van der Waals surface area contributed by atoms with Crippen LogP contribution in [0.1, 0.15) is 18.5 Å². The molecule has 1 aromatic rings. The highest BCUT2D eigenvalue weighted by molar-refractivity contribution is 5.30. The topological polar surface area (TPSA) is 32.3 Å². The number of aromatic hydroxyl groups is 1. The van der Waals surface area contributed by atoms with Crippen LogP contribution in [0.25, 0.3) is 0 Å². The summed E-state index contributed by atoms with van der Waals surface area (Å²) in [4.78, 5) is 0. The molecule has 12 heavy (non-hydrogen) atoms. The van der Waals surface area contributed by atoms with Crippen LogP contribution in [0.5, 0.6) is 5.75 Å². The fourth-order valence-corrected chi connectivity index (χ4v) is 0.966. The van der Waals surface area contributed by atoms with Crippen LogP contribution < -0.4 is 5.32 Å². The van der Waals surface area contributed by atoms with Gasteiger partial charge in [0.2, 0.25) is 0 Å². The Labute approximate surface area is 71.0 Å². The molecule has 0 saturated heterocycles. The molecule has 1 atom stereocenters. The van der Waals surface area contributed by atoms with Crippen LogP contribution in [-0.2, 0) is 0 Å². The number of rotatable bonds is 2. The van der Waals surface area contributed by atoms with Gasteiger partial charge in [-0.25, -0.2) is 4.39 Å². The van der Waals surface area contributed by atoms with Gasteiger partial charge in [-0.2, -0.15) is 0 Å². The Kier molecular flexibility index (Phi) is 2.65. The van der Waals surface area contributed by atoms with Crippen LogP contribution in [0, 0.1) is 5.82 Å². The van der Waals surface area contributed by atoms with E-state index in [2.05, 4.69) is 5.32 Å². The molecule has 0 amide bonds. The number of phenols is 1. The van der Waals surface area contributed by atoms with Gasteiger partial charge in [0.25, 0.3) is 0 Å². The molecule has 0 saturated carbocycles.